The minimum Gasteiger partial charge on any atom is -0.486 e. The number of carbonyl (C=O) groups is 2. The Balaban J connectivity index is 1.43. The number of unbranched alkanes of at least 4 members (excludes halogenated alkanes) is 1. The van der Waals surface area contributed by atoms with E-state index in [0.717, 1.165) is 5.56 Å². The van der Waals surface area contributed by atoms with Crippen molar-refractivity contribution in [2.75, 3.05) is 46.1 Å². The van der Waals surface area contributed by atoms with Gasteiger partial charge in [0.2, 0.25) is 10.0 Å². The van der Waals surface area contributed by atoms with Gasteiger partial charge in [0.25, 0.3) is 0 Å². The molecular weight excluding hydrogens is 692 g/mol. The maximum atomic E-state index is 14.7. The number of aliphatic hydroxyl groups is 1. The van der Waals surface area contributed by atoms with Gasteiger partial charge in [0.05, 0.1) is 31.4 Å². The zero-order valence-electron chi connectivity index (χ0n) is 30.5. The number of carboxylic acid groups (broad SMARTS) is 1. The quantitative estimate of drug-likeness (QED) is 0.173. The molecule has 0 bridgehead atoms. The molecule has 52 heavy (non-hydrogen) atoms. The number of urea groups is 1. The van der Waals surface area contributed by atoms with Gasteiger partial charge in [-0.2, -0.15) is 4.31 Å². The Hall–Kier alpha value is -3.63. The zero-order valence-corrected chi connectivity index (χ0v) is 31.3. The maximum absolute atomic E-state index is 14.7. The van der Waals surface area contributed by atoms with Gasteiger partial charge < -0.3 is 39.8 Å². The summed E-state index contributed by atoms with van der Waals surface area (Å²) in [5.74, 6) is 0.217. The summed E-state index contributed by atoms with van der Waals surface area (Å²) in [6.07, 6.45) is -0.408. The van der Waals surface area contributed by atoms with E-state index in [-0.39, 0.29) is 68.0 Å². The van der Waals surface area contributed by atoms with Crippen molar-refractivity contribution >= 4 is 22.1 Å². The summed E-state index contributed by atoms with van der Waals surface area (Å²) in [6.45, 7) is 8.81. The molecule has 3 amide bonds. The monoisotopic (exact) mass is 746 g/mol. The molecule has 0 saturated carbocycles. The first-order valence-corrected chi connectivity index (χ1v) is 19.6. The summed E-state index contributed by atoms with van der Waals surface area (Å²) >= 11 is 0. The molecular formula is C37H54N4O10S. The van der Waals surface area contributed by atoms with E-state index in [1.807, 2.05) is 58.0 Å². The first-order valence-electron chi connectivity index (χ1n) is 18.2. The molecule has 0 aromatic heterocycles. The Morgan fingerprint density at radius 3 is 2.48 bits per heavy atom. The number of hydrogen-bond donors (Lipinski definition) is 4. The van der Waals surface area contributed by atoms with Gasteiger partial charge in [-0.15, -0.1) is 0 Å². The lowest BCUT2D eigenvalue weighted by Crippen LogP contribution is -2.58. The number of aliphatic hydroxyl groups excluding tert-OH is 1. The Kier molecular flexibility index (Phi) is 13.3. The molecule has 0 unspecified atom stereocenters. The topological polar surface area (TPSA) is 176 Å². The predicted molar refractivity (Wildman–Crippen MR) is 193 cm³/mol. The fourth-order valence-electron chi connectivity index (χ4n) is 7.30. The summed E-state index contributed by atoms with van der Waals surface area (Å²) in [7, 11) is -4.32. The Morgan fingerprint density at radius 2 is 1.75 bits per heavy atom. The lowest BCUT2D eigenvalue weighted by molar-refractivity contribution is -0.0906. The number of rotatable bonds is 17. The number of ether oxygens (including phenoxy) is 4. The molecule has 5 atom stereocenters. The first kappa shape index (κ1) is 39.6. The molecule has 2 saturated heterocycles. The largest absolute Gasteiger partial charge is 0.486 e. The lowest BCUT2D eigenvalue weighted by Gasteiger charge is -2.40. The molecule has 0 aliphatic carbocycles. The second-order valence-corrected chi connectivity index (χ2v) is 16.8. The van der Waals surface area contributed by atoms with Crippen molar-refractivity contribution in [2.24, 2.45) is 11.3 Å². The maximum Gasteiger partial charge on any atom is 0.407 e. The van der Waals surface area contributed by atoms with Crippen LogP contribution in [0.15, 0.2) is 53.4 Å². The first-order chi connectivity index (χ1) is 24.8. The number of benzene rings is 2. The van der Waals surface area contributed by atoms with Crippen LogP contribution in [-0.4, -0.2) is 117 Å². The van der Waals surface area contributed by atoms with Crippen LogP contribution in [0.4, 0.5) is 9.59 Å². The number of para-hydroxylation sites is 1. The average Bonchev–Trinajstić information content (AvgIpc) is 3.72. The van der Waals surface area contributed by atoms with Crippen LogP contribution < -0.4 is 20.1 Å². The van der Waals surface area contributed by atoms with Crippen LogP contribution in [0.25, 0.3) is 0 Å². The van der Waals surface area contributed by atoms with Gasteiger partial charge in [0.1, 0.15) is 18.1 Å². The standard InChI is InChI=1S/C37H54N4O10S/c1-25(2)39-35(43)38-17-9-8-16-37(3,4)24-40(52(46,47)32-14-10-13-31-33(32)49-20-19-48-31)22-30(42)28(21-26-11-6-5-7-12-26)41(36(44)45)29-23-51-34-27(29)15-18-50-34/h5-7,10-14,25,27-30,34,42H,8-9,15-24H2,1-4H3,(H,44,45)(H2,38,39,43)/t27-,28-,29-,30+,34+/m0/s1. The highest BCUT2D eigenvalue weighted by molar-refractivity contribution is 7.89. The highest BCUT2D eigenvalue weighted by Crippen LogP contribution is 2.40. The summed E-state index contributed by atoms with van der Waals surface area (Å²) in [6, 6.07) is 12.1. The number of hydrogen-bond acceptors (Lipinski definition) is 9. The molecule has 15 heteroatoms. The van der Waals surface area contributed by atoms with Crippen molar-refractivity contribution in [1.82, 2.24) is 19.8 Å². The van der Waals surface area contributed by atoms with Gasteiger partial charge in [-0.3, -0.25) is 4.90 Å². The smallest absolute Gasteiger partial charge is 0.407 e. The second-order valence-electron chi connectivity index (χ2n) is 14.9. The van der Waals surface area contributed by atoms with E-state index >= 15 is 0 Å². The van der Waals surface area contributed by atoms with Gasteiger partial charge in [-0.1, -0.05) is 56.7 Å². The van der Waals surface area contributed by atoms with E-state index in [4.69, 9.17) is 18.9 Å². The third-order valence-electron chi connectivity index (χ3n) is 9.80. The number of carbonyl (C=O) groups excluding carboxylic acids is 1. The highest BCUT2D eigenvalue weighted by Gasteiger charge is 2.49. The summed E-state index contributed by atoms with van der Waals surface area (Å²) in [4.78, 5) is 26.3. The van der Waals surface area contributed by atoms with E-state index in [1.165, 1.54) is 15.3 Å². The summed E-state index contributed by atoms with van der Waals surface area (Å²) < 4.78 is 53.7. The summed E-state index contributed by atoms with van der Waals surface area (Å²) in [5, 5.41) is 28.5. The lowest BCUT2D eigenvalue weighted by atomic mass is 9.87. The molecule has 288 valence electrons. The van der Waals surface area contributed by atoms with E-state index in [9.17, 15) is 28.2 Å². The average molecular weight is 747 g/mol. The number of amides is 3. The third-order valence-corrected chi connectivity index (χ3v) is 11.6. The number of sulfonamides is 1. The minimum absolute atomic E-state index is 0.0180. The van der Waals surface area contributed by atoms with Crippen LogP contribution in [-0.2, 0) is 25.9 Å². The van der Waals surface area contributed by atoms with Crippen LogP contribution >= 0.6 is 0 Å². The SMILES string of the molecule is CC(C)NC(=O)NCCCCC(C)(C)CN(C[C@@H](O)[C@H](Cc1ccccc1)N(C(=O)O)[C@H]1CO[C@H]2OCC[C@H]21)S(=O)(=O)c1cccc2c1OCCO2. The van der Waals surface area contributed by atoms with Crippen LogP contribution in [0.2, 0.25) is 0 Å². The second kappa shape index (κ2) is 17.5. The molecule has 2 aromatic rings. The molecule has 3 aliphatic rings. The molecule has 5 rings (SSSR count). The van der Waals surface area contributed by atoms with Crippen LogP contribution in [0.5, 0.6) is 11.5 Å². The van der Waals surface area contributed by atoms with E-state index < -0.39 is 46.0 Å². The van der Waals surface area contributed by atoms with Gasteiger partial charge in [-0.05, 0) is 62.6 Å². The van der Waals surface area contributed by atoms with Crippen molar-refractivity contribution < 1.29 is 47.2 Å². The molecule has 14 nitrogen and oxygen atoms in total. The molecule has 0 spiro atoms. The van der Waals surface area contributed by atoms with E-state index in [2.05, 4.69) is 10.6 Å². The fourth-order valence-corrected chi connectivity index (χ4v) is 9.09. The number of fused-ring (bicyclic) bond motifs is 2. The Labute approximate surface area is 306 Å². The van der Waals surface area contributed by atoms with Gasteiger partial charge in [-0.25, -0.2) is 18.0 Å². The minimum atomic E-state index is -4.32. The van der Waals surface area contributed by atoms with Crippen molar-refractivity contribution in [3.8, 4) is 11.5 Å². The van der Waals surface area contributed by atoms with Crippen molar-refractivity contribution in [2.45, 2.75) is 95.2 Å². The third kappa shape index (κ3) is 9.86. The predicted octanol–water partition coefficient (Wildman–Crippen LogP) is 4.07. The highest BCUT2D eigenvalue weighted by atomic mass is 32.2. The van der Waals surface area contributed by atoms with Gasteiger partial charge in [0.15, 0.2) is 17.8 Å². The number of nitrogens with one attached hydrogen (secondary N) is 2. The van der Waals surface area contributed by atoms with Crippen LogP contribution in [0.3, 0.4) is 0 Å². The molecule has 3 aliphatic heterocycles. The van der Waals surface area contributed by atoms with E-state index in [0.29, 0.717) is 44.6 Å². The molecule has 2 fully saturated rings. The van der Waals surface area contributed by atoms with Crippen molar-refractivity contribution in [1.29, 1.82) is 0 Å². The summed E-state index contributed by atoms with van der Waals surface area (Å²) in [5.41, 5.74) is 0.220. The van der Waals surface area contributed by atoms with Crippen LogP contribution in [0, 0.1) is 11.3 Å². The fraction of sp³-hybridized carbons (Fsp3) is 0.622. The van der Waals surface area contributed by atoms with Gasteiger partial charge in [0, 0.05) is 31.6 Å². The Bertz CT molecular complexity index is 1610. The van der Waals surface area contributed by atoms with Crippen LogP contribution in [0.1, 0.15) is 58.9 Å². The van der Waals surface area contributed by atoms with E-state index in [1.54, 1.807) is 12.1 Å². The molecule has 2 aromatic carbocycles. The molecule has 4 N–H and O–H groups in total. The zero-order chi connectivity index (χ0) is 37.5. The molecule has 3 heterocycles. The number of nitrogens with zero attached hydrogens (tertiary/aromatic N) is 2. The van der Waals surface area contributed by atoms with Gasteiger partial charge >= 0.3 is 12.1 Å². The molecule has 0 radical (unpaired) electrons. The van der Waals surface area contributed by atoms with Crippen molar-refractivity contribution in [3.05, 3.63) is 54.1 Å². The normalized spacial score (nSPS) is 21.1. The Morgan fingerprint density at radius 1 is 1.00 bits per heavy atom. The van der Waals surface area contributed by atoms with Crippen molar-refractivity contribution in [3.63, 3.8) is 0 Å².